The number of rotatable bonds is 6. The van der Waals surface area contributed by atoms with Gasteiger partial charge < -0.3 is 25.8 Å². The molecular formula is C21H25N7O3. The van der Waals surface area contributed by atoms with Gasteiger partial charge in [-0.25, -0.2) is 14.8 Å². The fourth-order valence-corrected chi connectivity index (χ4v) is 2.49. The number of pyridine rings is 1. The van der Waals surface area contributed by atoms with Crippen LogP contribution in [0.25, 0.3) is 0 Å². The highest BCUT2D eigenvalue weighted by Crippen LogP contribution is 2.25. The summed E-state index contributed by atoms with van der Waals surface area (Å²) in [6, 6.07) is 10.6. The highest BCUT2D eigenvalue weighted by Gasteiger charge is 2.16. The minimum absolute atomic E-state index is 0.340. The molecule has 0 aliphatic carbocycles. The van der Waals surface area contributed by atoms with Gasteiger partial charge in [0.2, 0.25) is 11.8 Å². The number of nitrogen functional groups attached to an aromatic ring is 1. The number of ether oxygens (including phenoxy) is 2. The number of nitrogens with two attached hydrogens (primary N) is 1. The molecule has 0 unspecified atom stereocenters. The van der Waals surface area contributed by atoms with E-state index in [1.54, 1.807) is 64.4 Å². The molecule has 0 radical (unpaired) electrons. The van der Waals surface area contributed by atoms with Gasteiger partial charge in [0.25, 0.3) is 0 Å². The van der Waals surface area contributed by atoms with Crippen LogP contribution < -0.4 is 26.4 Å². The lowest BCUT2D eigenvalue weighted by Crippen LogP contribution is -2.27. The first-order chi connectivity index (χ1) is 14.7. The molecule has 0 spiro atoms. The van der Waals surface area contributed by atoms with Crippen LogP contribution in [-0.2, 0) is 4.74 Å². The Bertz CT molecular complexity index is 1050. The van der Waals surface area contributed by atoms with E-state index in [4.69, 9.17) is 15.2 Å². The third kappa shape index (κ3) is 6.46. The number of methoxy groups -OCH3 is 1. The van der Waals surface area contributed by atoms with Crippen LogP contribution in [0.3, 0.4) is 0 Å². The van der Waals surface area contributed by atoms with E-state index < -0.39 is 11.7 Å². The number of benzene rings is 1. The molecular weight excluding hydrogens is 398 g/mol. The quantitative estimate of drug-likeness (QED) is 0.457. The van der Waals surface area contributed by atoms with E-state index in [9.17, 15) is 4.79 Å². The highest BCUT2D eigenvalue weighted by atomic mass is 16.6. The molecule has 0 aliphatic rings. The monoisotopic (exact) mass is 423 g/mol. The average molecular weight is 423 g/mol. The van der Waals surface area contributed by atoms with Crippen LogP contribution >= 0.6 is 0 Å². The molecule has 0 saturated heterocycles. The number of aromatic nitrogens is 3. The maximum atomic E-state index is 12.0. The SMILES string of the molecule is COc1ccc(Nc2ncc(N)c(Nc3cccc(NC(=O)OC(C)(C)C)c3)n2)cn1. The van der Waals surface area contributed by atoms with Gasteiger partial charge in [-0.1, -0.05) is 6.07 Å². The van der Waals surface area contributed by atoms with Crippen molar-refractivity contribution in [2.24, 2.45) is 0 Å². The Hall–Kier alpha value is -4.08. The number of anilines is 6. The Labute approximate surface area is 180 Å². The number of carbonyl (C=O) groups excluding carboxylic acids is 1. The molecule has 0 aliphatic heterocycles. The van der Waals surface area contributed by atoms with Gasteiger partial charge in [0.15, 0.2) is 5.82 Å². The molecule has 10 nitrogen and oxygen atoms in total. The first-order valence-electron chi connectivity index (χ1n) is 9.48. The molecule has 2 heterocycles. The molecule has 0 atom stereocenters. The van der Waals surface area contributed by atoms with Crippen molar-refractivity contribution in [2.75, 3.05) is 28.8 Å². The standard InChI is InChI=1S/C21H25N7O3/c1-21(2,3)31-20(29)27-14-7-5-6-13(10-14)25-18-16(22)12-24-19(28-18)26-15-8-9-17(30-4)23-11-15/h5-12H,22H2,1-4H3,(H,27,29)(H2,24,25,26,28). The first-order valence-corrected chi connectivity index (χ1v) is 9.48. The summed E-state index contributed by atoms with van der Waals surface area (Å²) in [6.45, 7) is 5.40. The molecule has 0 bridgehead atoms. The number of hydrogen-bond acceptors (Lipinski definition) is 9. The minimum Gasteiger partial charge on any atom is -0.481 e. The van der Waals surface area contributed by atoms with Crippen LogP contribution in [0.4, 0.5) is 39.3 Å². The van der Waals surface area contributed by atoms with Crippen molar-refractivity contribution in [1.29, 1.82) is 0 Å². The van der Waals surface area contributed by atoms with E-state index in [1.807, 2.05) is 6.07 Å². The van der Waals surface area contributed by atoms with Gasteiger partial charge >= 0.3 is 6.09 Å². The summed E-state index contributed by atoms with van der Waals surface area (Å²) in [4.78, 5) is 24.7. The summed E-state index contributed by atoms with van der Waals surface area (Å²) in [5.41, 5.74) is 7.74. The number of amides is 1. The average Bonchev–Trinajstić information content (AvgIpc) is 2.70. The Balaban J connectivity index is 1.72. The van der Waals surface area contributed by atoms with Gasteiger partial charge in [-0.2, -0.15) is 4.98 Å². The van der Waals surface area contributed by atoms with Crippen LogP contribution in [0.15, 0.2) is 48.8 Å². The summed E-state index contributed by atoms with van der Waals surface area (Å²) < 4.78 is 10.3. The Morgan fingerprint density at radius 3 is 2.45 bits per heavy atom. The van der Waals surface area contributed by atoms with Crippen molar-refractivity contribution in [1.82, 2.24) is 15.0 Å². The van der Waals surface area contributed by atoms with E-state index in [2.05, 4.69) is 30.9 Å². The maximum absolute atomic E-state index is 12.0. The van der Waals surface area contributed by atoms with E-state index in [0.29, 0.717) is 40.4 Å². The molecule has 3 rings (SSSR count). The third-order valence-corrected chi connectivity index (χ3v) is 3.79. The van der Waals surface area contributed by atoms with Gasteiger partial charge in [-0.05, 0) is 45.0 Å². The third-order valence-electron chi connectivity index (χ3n) is 3.79. The highest BCUT2D eigenvalue weighted by molar-refractivity contribution is 5.86. The lowest BCUT2D eigenvalue weighted by Gasteiger charge is -2.19. The van der Waals surface area contributed by atoms with Crippen LogP contribution in [0.1, 0.15) is 20.8 Å². The first kappa shape index (κ1) is 21.6. The molecule has 1 amide bonds. The summed E-state index contributed by atoms with van der Waals surface area (Å²) >= 11 is 0. The Kier molecular flexibility index (Phi) is 6.39. The molecule has 162 valence electrons. The number of nitrogens with zero attached hydrogens (tertiary/aromatic N) is 3. The second-order valence-electron chi connectivity index (χ2n) is 7.54. The molecule has 10 heteroatoms. The summed E-state index contributed by atoms with van der Waals surface area (Å²) in [7, 11) is 1.55. The van der Waals surface area contributed by atoms with Crippen molar-refractivity contribution in [2.45, 2.75) is 26.4 Å². The van der Waals surface area contributed by atoms with Crippen LogP contribution in [0.5, 0.6) is 5.88 Å². The van der Waals surface area contributed by atoms with Crippen molar-refractivity contribution in [3.63, 3.8) is 0 Å². The van der Waals surface area contributed by atoms with Gasteiger partial charge in [0.1, 0.15) is 5.60 Å². The number of nitrogens with one attached hydrogen (secondary N) is 3. The van der Waals surface area contributed by atoms with Crippen molar-refractivity contribution in [3.05, 3.63) is 48.8 Å². The zero-order valence-electron chi connectivity index (χ0n) is 17.8. The molecule has 3 aromatic rings. The summed E-state index contributed by atoms with van der Waals surface area (Å²) in [5.74, 6) is 1.26. The van der Waals surface area contributed by atoms with Gasteiger partial charge in [0, 0.05) is 17.4 Å². The van der Waals surface area contributed by atoms with Gasteiger partial charge in [0.05, 0.1) is 30.9 Å². The predicted octanol–water partition coefficient (Wildman–Crippen LogP) is 4.30. The van der Waals surface area contributed by atoms with E-state index in [1.165, 1.54) is 6.20 Å². The molecule has 31 heavy (non-hydrogen) atoms. The van der Waals surface area contributed by atoms with Crippen molar-refractivity contribution < 1.29 is 14.3 Å². The number of hydrogen-bond donors (Lipinski definition) is 4. The lowest BCUT2D eigenvalue weighted by molar-refractivity contribution is 0.0636. The molecule has 2 aromatic heterocycles. The van der Waals surface area contributed by atoms with Crippen LogP contribution in [0, 0.1) is 0 Å². The largest absolute Gasteiger partial charge is 0.481 e. The number of carbonyl (C=O) groups is 1. The van der Waals surface area contributed by atoms with E-state index >= 15 is 0 Å². The maximum Gasteiger partial charge on any atom is 0.412 e. The normalized spacial score (nSPS) is 10.8. The lowest BCUT2D eigenvalue weighted by atomic mass is 10.2. The fourth-order valence-electron chi connectivity index (χ4n) is 2.49. The van der Waals surface area contributed by atoms with E-state index in [0.717, 1.165) is 0 Å². The minimum atomic E-state index is -0.585. The molecule has 0 saturated carbocycles. The van der Waals surface area contributed by atoms with E-state index in [-0.39, 0.29) is 0 Å². The zero-order valence-corrected chi connectivity index (χ0v) is 17.8. The van der Waals surface area contributed by atoms with Crippen molar-refractivity contribution >= 4 is 40.6 Å². The second-order valence-corrected chi connectivity index (χ2v) is 7.54. The zero-order chi connectivity index (χ0) is 22.4. The summed E-state index contributed by atoms with van der Waals surface area (Å²) in [5, 5.41) is 8.89. The Morgan fingerprint density at radius 2 is 1.77 bits per heavy atom. The second kappa shape index (κ2) is 9.16. The molecule has 0 fully saturated rings. The van der Waals surface area contributed by atoms with Crippen molar-refractivity contribution in [3.8, 4) is 5.88 Å². The van der Waals surface area contributed by atoms with Crippen LogP contribution in [0.2, 0.25) is 0 Å². The fraction of sp³-hybridized carbons (Fsp3) is 0.238. The van der Waals surface area contributed by atoms with Gasteiger partial charge in [-0.3, -0.25) is 5.32 Å². The predicted molar refractivity (Wildman–Crippen MR) is 120 cm³/mol. The summed E-state index contributed by atoms with van der Waals surface area (Å²) in [6.07, 6.45) is 2.57. The molecule has 5 N–H and O–H groups in total. The Morgan fingerprint density at radius 1 is 1.00 bits per heavy atom. The van der Waals surface area contributed by atoms with Crippen LogP contribution in [-0.4, -0.2) is 33.8 Å². The smallest absolute Gasteiger partial charge is 0.412 e. The topological polar surface area (TPSA) is 136 Å². The van der Waals surface area contributed by atoms with Gasteiger partial charge in [-0.15, -0.1) is 0 Å². The molecule has 1 aromatic carbocycles.